The van der Waals surface area contributed by atoms with Gasteiger partial charge in [-0.25, -0.2) is 0 Å². The maximum Gasteiger partial charge on any atom is 0.259 e. The Bertz CT molecular complexity index is 930. The van der Waals surface area contributed by atoms with Gasteiger partial charge in [-0.3, -0.25) is 4.79 Å². The number of amides is 1. The largest absolute Gasteiger partial charge is 0.488 e. The predicted molar refractivity (Wildman–Crippen MR) is 107 cm³/mol. The van der Waals surface area contributed by atoms with Crippen LogP contribution in [0.2, 0.25) is 15.1 Å². The molecule has 0 aliphatic carbocycles. The number of rotatable bonds is 5. The zero-order chi connectivity index (χ0) is 18.5. The Morgan fingerprint density at radius 3 is 2.35 bits per heavy atom. The Labute approximate surface area is 166 Å². The quantitative estimate of drug-likeness (QED) is 0.526. The highest BCUT2D eigenvalue weighted by atomic mass is 35.5. The molecular weight excluding hydrogens is 393 g/mol. The topological polar surface area (TPSA) is 38.3 Å². The lowest BCUT2D eigenvalue weighted by Gasteiger charge is -2.13. The molecule has 0 saturated carbocycles. The van der Waals surface area contributed by atoms with E-state index in [1.807, 2.05) is 30.3 Å². The van der Waals surface area contributed by atoms with Crippen molar-refractivity contribution in [3.05, 3.63) is 92.9 Å². The smallest absolute Gasteiger partial charge is 0.259 e. The fourth-order valence-electron chi connectivity index (χ4n) is 2.32. The molecule has 0 unspecified atom stereocenters. The van der Waals surface area contributed by atoms with Gasteiger partial charge in [-0.15, -0.1) is 0 Å². The molecule has 0 heterocycles. The fourth-order valence-corrected chi connectivity index (χ4v) is 2.83. The lowest BCUT2D eigenvalue weighted by molar-refractivity contribution is 0.102. The molecule has 0 radical (unpaired) electrons. The van der Waals surface area contributed by atoms with Gasteiger partial charge in [-0.1, -0.05) is 65.1 Å². The fraction of sp³-hybridized carbons (Fsp3) is 0.0500. The number of anilines is 1. The maximum absolute atomic E-state index is 12.7. The van der Waals surface area contributed by atoms with Crippen molar-refractivity contribution in [1.29, 1.82) is 0 Å². The van der Waals surface area contributed by atoms with Crippen LogP contribution in [-0.2, 0) is 6.61 Å². The second-order valence-corrected chi connectivity index (χ2v) is 6.77. The molecule has 26 heavy (non-hydrogen) atoms. The molecule has 0 spiro atoms. The molecule has 0 fully saturated rings. The van der Waals surface area contributed by atoms with E-state index in [4.69, 9.17) is 39.5 Å². The van der Waals surface area contributed by atoms with Crippen LogP contribution in [0.15, 0.2) is 66.7 Å². The SMILES string of the molecule is O=C(Nc1cc(Cl)ccc1Cl)c1cc(Cl)ccc1OCc1ccccc1. The van der Waals surface area contributed by atoms with Crippen LogP contribution in [0, 0.1) is 0 Å². The van der Waals surface area contributed by atoms with Crippen molar-refractivity contribution in [2.75, 3.05) is 5.32 Å². The zero-order valence-electron chi connectivity index (χ0n) is 13.5. The highest BCUT2D eigenvalue weighted by molar-refractivity contribution is 6.36. The van der Waals surface area contributed by atoms with Crippen LogP contribution in [0.1, 0.15) is 15.9 Å². The minimum Gasteiger partial charge on any atom is -0.488 e. The van der Waals surface area contributed by atoms with Crippen molar-refractivity contribution in [2.24, 2.45) is 0 Å². The third-order valence-corrected chi connectivity index (χ3v) is 4.40. The summed E-state index contributed by atoms with van der Waals surface area (Å²) in [6, 6.07) is 19.4. The molecule has 3 aromatic rings. The Balaban J connectivity index is 1.82. The van der Waals surface area contributed by atoms with Gasteiger partial charge in [-0.05, 0) is 42.0 Å². The average Bonchev–Trinajstić information content (AvgIpc) is 2.64. The van der Waals surface area contributed by atoms with Gasteiger partial charge >= 0.3 is 0 Å². The third-order valence-electron chi connectivity index (χ3n) is 3.60. The normalized spacial score (nSPS) is 10.4. The van der Waals surface area contributed by atoms with Crippen molar-refractivity contribution in [3.63, 3.8) is 0 Å². The second kappa shape index (κ2) is 8.45. The van der Waals surface area contributed by atoms with Crippen molar-refractivity contribution in [3.8, 4) is 5.75 Å². The summed E-state index contributed by atoms with van der Waals surface area (Å²) in [4.78, 5) is 12.7. The van der Waals surface area contributed by atoms with Crippen LogP contribution in [0.25, 0.3) is 0 Å². The molecule has 6 heteroatoms. The number of carbonyl (C=O) groups excluding carboxylic acids is 1. The van der Waals surface area contributed by atoms with E-state index in [9.17, 15) is 4.79 Å². The summed E-state index contributed by atoms with van der Waals surface area (Å²) in [6.45, 7) is 0.334. The Hall–Kier alpha value is -2.20. The number of hydrogen-bond donors (Lipinski definition) is 1. The summed E-state index contributed by atoms with van der Waals surface area (Å²) in [5.74, 6) is 0.0358. The number of hydrogen-bond acceptors (Lipinski definition) is 2. The number of ether oxygens (including phenoxy) is 1. The average molecular weight is 407 g/mol. The Morgan fingerprint density at radius 2 is 1.58 bits per heavy atom. The van der Waals surface area contributed by atoms with Crippen LogP contribution in [0.5, 0.6) is 5.75 Å². The first kappa shape index (κ1) is 18.6. The van der Waals surface area contributed by atoms with Gasteiger partial charge in [0.05, 0.1) is 16.3 Å². The first-order valence-corrected chi connectivity index (χ1v) is 8.89. The molecule has 0 aromatic heterocycles. The van der Waals surface area contributed by atoms with E-state index in [1.165, 1.54) is 0 Å². The van der Waals surface area contributed by atoms with Crippen molar-refractivity contribution >= 4 is 46.4 Å². The van der Waals surface area contributed by atoms with Gasteiger partial charge in [0.25, 0.3) is 5.91 Å². The van der Waals surface area contributed by atoms with Crippen LogP contribution in [-0.4, -0.2) is 5.91 Å². The van der Waals surface area contributed by atoms with Gasteiger partial charge in [0.1, 0.15) is 12.4 Å². The lowest BCUT2D eigenvalue weighted by atomic mass is 10.1. The van der Waals surface area contributed by atoms with Gasteiger partial charge in [0.15, 0.2) is 0 Å². The molecule has 1 amide bonds. The maximum atomic E-state index is 12.7. The molecule has 3 nitrogen and oxygen atoms in total. The summed E-state index contributed by atoms with van der Waals surface area (Å²) in [6.07, 6.45) is 0. The standard InChI is InChI=1S/C20H14Cl3NO2/c21-14-7-9-19(26-12-13-4-2-1-3-5-13)16(10-14)20(25)24-18-11-15(22)6-8-17(18)23/h1-11H,12H2,(H,24,25). The minimum absolute atomic E-state index is 0.310. The first-order chi connectivity index (χ1) is 12.5. The van der Waals surface area contributed by atoms with Gasteiger partial charge < -0.3 is 10.1 Å². The van der Waals surface area contributed by atoms with E-state index >= 15 is 0 Å². The number of carbonyl (C=O) groups is 1. The molecule has 3 aromatic carbocycles. The second-order valence-electron chi connectivity index (χ2n) is 5.49. The first-order valence-electron chi connectivity index (χ1n) is 7.75. The Morgan fingerprint density at radius 1 is 0.885 bits per heavy atom. The third kappa shape index (κ3) is 4.70. The number of halogens is 3. The number of benzene rings is 3. The number of nitrogens with one attached hydrogen (secondary N) is 1. The molecule has 132 valence electrons. The summed E-state index contributed by atoms with van der Waals surface area (Å²) in [7, 11) is 0. The lowest BCUT2D eigenvalue weighted by Crippen LogP contribution is -2.14. The van der Waals surface area contributed by atoms with Crippen LogP contribution < -0.4 is 10.1 Å². The highest BCUT2D eigenvalue weighted by Gasteiger charge is 2.15. The molecule has 0 aliphatic rings. The molecule has 0 atom stereocenters. The van der Waals surface area contributed by atoms with E-state index < -0.39 is 0 Å². The minimum atomic E-state index is -0.389. The van der Waals surface area contributed by atoms with E-state index in [2.05, 4.69) is 5.32 Å². The van der Waals surface area contributed by atoms with E-state index in [-0.39, 0.29) is 5.91 Å². The van der Waals surface area contributed by atoms with Crippen molar-refractivity contribution in [2.45, 2.75) is 6.61 Å². The van der Waals surface area contributed by atoms with Gasteiger partial charge in [0, 0.05) is 10.0 Å². The molecule has 0 bridgehead atoms. The van der Waals surface area contributed by atoms with Crippen LogP contribution in [0.4, 0.5) is 5.69 Å². The van der Waals surface area contributed by atoms with Gasteiger partial charge in [0.2, 0.25) is 0 Å². The van der Waals surface area contributed by atoms with Crippen LogP contribution >= 0.6 is 34.8 Å². The monoisotopic (exact) mass is 405 g/mol. The molecule has 3 rings (SSSR count). The van der Waals surface area contributed by atoms with E-state index in [1.54, 1.807) is 36.4 Å². The molecular formula is C20H14Cl3NO2. The molecule has 0 saturated heterocycles. The summed E-state index contributed by atoms with van der Waals surface area (Å²) in [5, 5.41) is 4.02. The van der Waals surface area contributed by atoms with E-state index in [0.29, 0.717) is 38.7 Å². The molecule has 1 N–H and O–H groups in total. The Kier molecular flexibility index (Phi) is 6.04. The van der Waals surface area contributed by atoms with Crippen LogP contribution in [0.3, 0.4) is 0 Å². The van der Waals surface area contributed by atoms with Crippen molar-refractivity contribution < 1.29 is 9.53 Å². The zero-order valence-corrected chi connectivity index (χ0v) is 15.8. The predicted octanol–water partition coefficient (Wildman–Crippen LogP) is 6.48. The highest BCUT2D eigenvalue weighted by Crippen LogP contribution is 2.29. The summed E-state index contributed by atoms with van der Waals surface area (Å²) >= 11 is 18.1. The van der Waals surface area contributed by atoms with E-state index in [0.717, 1.165) is 5.56 Å². The molecule has 0 aliphatic heterocycles. The summed E-state index contributed by atoms with van der Waals surface area (Å²) < 4.78 is 5.81. The van der Waals surface area contributed by atoms with Gasteiger partial charge in [-0.2, -0.15) is 0 Å². The van der Waals surface area contributed by atoms with Crippen molar-refractivity contribution in [1.82, 2.24) is 0 Å². The summed E-state index contributed by atoms with van der Waals surface area (Å²) in [5.41, 5.74) is 1.72.